The first-order chi connectivity index (χ1) is 13.2. The number of likely N-dealkylation sites (tertiary alicyclic amines) is 1. The molecule has 28 heavy (non-hydrogen) atoms. The Hall–Kier alpha value is -1.54. The highest BCUT2D eigenvalue weighted by atomic mass is 16.6. The number of alkyl carbamates (subject to hydrolysis) is 1. The molecule has 3 unspecified atom stereocenters. The Morgan fingerprint density at radius 2 is 2.11 bits per heavy atom. The van der Waals surface area contributed by atoms with Crippen LogP contribution in [0.5, 0.6) is 0 Å². The fourth-order valence-corrected chi connectivity index (χ4v) is 3.69. The molecule has 0 aromatic heterocycles. The Morgan fingerprint density at radius 1 is 1.36 bits per heavy atom. The molecular weight excluding hydrogens is 358 g/mol. The van der Waals surface area contributed by atoms with E-state index in [0.717, 1.165) is 58.3 Å². The van der Waals surface area contributed by atoms with Gasteiger partial charge in [-0.3, -0.25) is 9.89 Å². The fraction of sp³-hybridized carbons (Fsp3) is 0.900. The maximum absolute atomic E-state index is 12.0. The number of hydrogen-bond acceptors (Lipinski definition) is 5. The highest BCUT2D eigenvalue weighted by molar-refractivity contribution is 5.80. The van der Waals surface area contributed by atoms with Crippen LogP contribution in [-0.4, -0.2) is 91.5 Å². The molecular formula is C20H39N5O3. The number of carbonyl (C=O) groups excluding carboxylic acids is 1. The molecule has 2 fully saturated rings. The van der Waals surface area contributed by atoms with Gasteiger partial charge in [-0.15, -0.1) is 0 Å². The van der Waals surface area contributed by atoms with E-state index >= 15 is 0 Å². The molecule has 0 bridgehead atoms. The second-order valence-corrected chi connectivity index (χ2v) is 8.78. The first-order valence-electron chi connectivity index (χ1n) is 10.6. The zero-order chi connectivity index (χ0) is 20.7. The molecule has 0 aromatic carbocycles. The summed E-state index contributed by atoms with van der Waals surface area (Å²) in [5.41, 5.74) is -0.481. The molecule has 2 aliphatic heterocycles. The lowest BCUT2D eigenvalue weighted by Crippen LogP contribution is -2.50. The molecule has 2 heterocycles. The number of aliphatic imine (C=N–C) groups is 1. The molecule has 8 nitrogen and oxygen atoms in total. The van der Waals surface area contributed by atoms with E-state index in [1.165, 1.54) is 0 Å². The third-order valence-electron chi connectivity index (χ3n) is 5.03. The van der Waals surface area contributed by atoms with Crippen molar-refractivity contribution in [2.24, 2.45) is 4.99 Å². The monoisotopic (exact) mass is 397 g/mol. The van der Waals surface area contributed by atoms with E-state index in [4.69, 9.17) is 14.5 Å². The van der Waals surface area contributed by atoms with Crippen LogP contribution in [0.4, 0.5) is 4.79 Å². The maximum Gasteiger partial charge on any atom is 0.407 e. The van der Waals surface area contributed by atoms with Gasteiger partial charge in [0.2, 0.25) is 0 Å². The minimum atomic E-state index is -0.481. The van der Waals surface area contributed by atoms with Gasteiger partial charge in [-0.25, -0.2) is 4.79 Å². The van der Waals surface area contributed by atoms with Gasteiger partial charge in [0, 0.05) is 38.3 Å². The smallest absolute Gasteiger partial charge is 0.407 e. The number of nitrogens with one attached hydrogen (secondary N) is 2. The number of hydrogen-bond donors (Lipinski definition) is 2. The van der Waals surface area contributed by atoms with Gasteiger partial charge in [0.1, 0.15) is 5.60 Å². The number of morpholine rings is 1. The number of guanidine groups is 1. The Bertz CT molecular complexity index is 534. The number of nitrogens with zero attached hydrogens (tertiary/aromatic N) is 3. The quantitative estimate of drug-likeness (QED) is 0.543. The lowest BCUT2D eigenvalue weighted by molar-refractivity contribution is -0.0166. The van der Waals surface area contributed by atoms with Gasteiger partial charge in [-0.2, -0.15) is 0 Å². The van der Waals surface area contributed by atoms with Gasteiger partial charge in [0.25, 0.3) is 0 Å². The van der Waals surface area contributed by atoms with E-state index < -0.39 is 5.60 Å². The van der Waals surface area contributed by atoms with Gasteiger partial charge in [0.15, 0.2) is 5.96 Å². The Morgan fingerprint density at radius 3 is 2.75 bits per heavy atom. The van der Waals surface area contributed by atoms with Crippen LogP contribution >= 0.6 is 0 Å². The van der Waals surface area contributed by atoms with Crippen LogP contribution in [0.1, 0.15) is 48.0 Å². The zero-order valence-corrected chi connectivity index (χ0v) is 18.5. The summed E-state index contributed by atoms with van der Waals surface area (Å²) in [5, 5.41) is 6.37. The minimum Gasteiger partial charge on any atom is -0.444 e. The van der Waals surface area contributed by atoms with Crippen LogP contribution in [0.3, 0.4) is 0 Å². The van der Waals surface area contributed by atoms with Gasteiger partial charge in [-0.1, -0.05) is 0 Å². The van der Waals surface area contributed by atoms with Crippen LogP contribution in [0.15, 0.2) is 4.99 Å². The normalized spacial score (nSPS) is 25.5. The summed E-state index contributed by atoms with van der Waals surface area (Å²) in [7, 11) is 0. The first kappa shape index (κ1) is 22.7. The van der Waals surface area contributed by atoms with E-state index in [9.17, 15) is 4.79 Å². The lowest BCUT2D eigenvalue weighted by atomic mass is 10.2. The molecule has 2 rings (SSSR count). The van der Waals surface area contributed by atoms with E-state index in [1.807, 2.05) is 20.8 Å². The predicted molar refractivity (Wildman–Crippen MR) is 112 cm³/mol. The number of rotatable bonds is 5. The van der Waals surface area contributed by atoms with Crippen LogP contribution < -0.4 is 10.6 Å². The molecule has 3 atom stereocenters. The van der Waals surface area contributed by atoms with Crippen molar-refractivity contribution in [3.63, 3.8) is 0 Å². The zero-order valence-electron chi connectivity index (χ0n) is 18.5. The second-order valence-electron chi connectivity index (χ2n) is 8.78. The van der Waals surface area contributed by atoms with E-state index in [1.54, 1.807) is 0 Å². The molecule has 0 aliphatic carbocycles. The third-order valence-corrected chi connectivity index (χ3v) is 5.03. The fourth-order valence-electron chi connectivity index (χ4n) is 3.69. The summed E-state index contributed by atoms with van der Waals surface area (Å²) in [6.45, 7) is 17.9. The predicted octanol–water partition coefficient (Wildman–Crippen LogP) is 1.66. The van der Waals surface area contributed by atoms with Crippen molar-refractivity contribution in [1.82, 2.24) is 20.4 Å². The van der Waals surface area contributed by atoms with Crippen molar-refractivity contribution < 1.29 is 14.3 Å². The van der Waals surface area contributed by atoms with Crippen molar-refractivity contribution >= 4 is 12.1 Å². The molecule has 0 saturated carbocycles. The average Bonchev–Trinajstić information content (AvgIpc) is 3.05. The third kappa shape index (κ3) is 7.13. The van der Waals surface area contributed by atoms with Crippen molar-refractivity contribution in [2.45, 2.75) is 71.7 Å². The molecule has 1 amide bonds. The lowest BCUT2D eigenvalue weighted by Gasteiger charge is -2.37. The van der Waals surface area contributed by atoms with Crippen LogP contribution in [0.2, 0.25) is 0 Å². The summed E-state index contributed by atoms with van der Waals surface area (Å²) in [6, 6.07) is 0.872. The molecule has 0 spiro atoms. The van der Waals surface area contributed by atoms with Gasteiger partial charge >= 0.3 is 6.09 Å². The average molecular weight is 398 g/mol. The molecule has 0 radical (unpaired) electrons. The summed E-state index contributed by atoms with van der Waals surface area (Å²) in [5.74, 6) is 0.920. The molecule has 2 saturated heterocycles. The summed E-state index contributed by atoms with van der Waals surface area (Å²) >= 11 is 0. The van der Waals surface area contributed by atoms with E-state index in [0.29, 0.717) is 12.1 Å². The molecule has 2 N–H and O–H groups in total. The SMILES string of the molecule is CCNC(=NCC(C)N1CCOCC1C)N1CCC(NC(=O)OC(C)(C)C)C1. The number of ether oxygens (including phenoxy) is 2. The highest BCUT2D eigenvalue weighted by Crippen LogP contribution is 2.14. The maximum atomic E-state index is 12.0. The Balaban J connectivity index is 1.89. The van der Waals surface area contributed by atoms with Crippen molar-refractivity contribution in [3.8, 4) is 0 Å². The van der Waals surface area contributed by atoms with Gasteiger partial charge in [-0.05, 0) is 48.0 Å². The topological polar surface area (TPSA) is 78.4 Å². The summed E-state index contributed by atoms with van der Waals surface area (Å²) in [4.78, 5) is 21.6. The van der Waals surface area contributed by atoms with Crippen molar-refractivity contribution in [1.29, 1.82) is 0 Å². The molecule has 2 aliphatic rings. The summed E-state index contributed by atoms with van der Waals surface area (Å²) < 4.78 is 10.9. The van der Waals surface area contributed by atoms with Crippen molar-refractivity contribution in [3.05, 3.63) is 0 Å². The Labute approximate surface area is 170 Å². The summed E-state index contributed by atoms with van der Waals surface area (Å²) in [6.07, 6.45) is 0.538. The highest BCUT2D eigenvalue weighted by Gasteiger charge is 2.28. The van der Waals surface area contributed by atoms with Crippen LogP contribution in [-0.2, 0) is 9.47 Å². The molecule has 162 valence electrons. The van der Waals surface area contributed by atoms with Gasteiger partial charge < -0.3 is 25.0 Å². The minimum absolute atomic E-state index is 0.0791. The van der Waals surface area contributed by atoms with E-state index in [-0.39, 0.29) is 12.1 Å². The largest absolute Gasteiger partial charge is 0.444 e. The standard InChI is InChI=1S/C20H39N5O3/c1-7-21-18(22-12-15(2)25-10-11-27-14-16(25)3)24-9-8-17(13-24)23-19(26)28-20(4,5)6/h15-17H,7-14H2,1-6H3,(H,21,22)(H,23,26). The second kappa shape index (κ2) is 10.3. The van der Waals surface area contributed by atoms with Crippen molar-refractivity contribution in [2.75, 3.05) is 45.9 Å². The number of carbonyl (C=O) groups is 1. The molecule has 8 heteroatoms. The molecule has 0 aromatic rings. The number of amides is 1. The Kier molecular flexibility index (Phi) is 8.37. The first-order valence-corrected chi connectivity index (χ1v) is 10.6. The van der Waals surface area contributed by atoms with Crippen LogP contribution in [0.25, 0.3) is 0 Å². The van der Waals surface area contributed by atoms with Gasteiger partial charge in [0.05, 0.1) is 25.8 Å². The van der Waals surface area contributed by atoms with Crippen LogP contribution in [0, 0.1) is 0 Å². The van der Waals surface area contributed by atoms with E-state index in [2.05, 4.69) is 41.2 Å².